The molecule has 1 aromatic carbocycles. The lowest BCUT2D eigenvalue weighted by Gasteiger charge is -2.17. The Morgan fingerprint density at radius 3 is 2.85 bits per heavy atom. The highest BCUT2D eigenvalue weighted by molar-refractivity contribution is 6.33. The fourth-order valence-corrected chi connectivity index (χ4v) is 3.54. The molecule has 0 bridgehead atoms. The van der Waals surface area contributed by atoms with E-state index >= 15 is 0 Å². The van der Waals surface area contributed by atoms with Crippen molar-refractivity contribution in [3.8, 4) is 11.1 Å². The van der Waals surface area contributed by atoms with Crippen LogP contribution in [0.5, 0.6) is 0 Å². The third kappa shape index (κ3) is 3.06. The van der Waals surface area contributed by atoms with Gasteiger partial charge in [-0.25, -0.2) is 9.18 Å². The van der Waals surface area contributed by atoms with Crippen LogP contribution in [-0.2, 0) is 4.74 Å². The summed E-state index contributed by atoms with van der Waals surface area (Å²) in [5.41, 5.74) is 0.817. The molecule has 1 aliphatic heterocycles. The fourth-order valence-electron chi connectivity index (χ4n) is 3.27. The summed E-state index contributed by atoms with van der Waals surface area (Å²) in [7, 11) is 1.69. The van der Waals surface area contributed by atoms with Gasteiger partial charge in [0.25, 0.3) is 0 Å². The Balaban J connectivity index is 1.82. The molecule has 7 heteroatoms. The number of fused-ring (bicyclic) bond motifs is 1. The number of benzene rings is 1. The van der Waals surface area contributed by atoms with Crippen molar-refractivity contribution < 1.29 is 13.5 Å². The van der Waals surface area contributed by atoms with Crippen LogP contribution in [0.1, 0.15) is 6.42 Å². The molecule has 134 valence electrons. The van der Waals surface area contributed by atoms with Crippen molar-refractivity contribution in [1.82, 2.24) is 4.98 Å². The number of pyridine rings is 1. The minimum atomic E-state index is -0.534. The van der Waals surface area contributed by atoms with E-state index in [9.17, 15) is 9.18 Å². The highest BCUT2D eigenvalue weighted by Crippen LogP contribution is 2.33. The lowest BCUT2D eigenvalue weighted by atomic mass is 10.0. The van der Waals surface area contributed by atoms with Crippen LogP contribution >= 0.6 is 11.6 Å². The van der Waals surface area contributed by atoms with Crippen LogP contribution in [0.3, 0.4) is 0 Å². The van der Waals surface area contributed by atoms with Crippen LogP contribution in [0.15, 0.2) is 45.6 Å². The van der Waals surface area contributed by atoms with Crippen LogP contribution in [0.4, 0.5) is 10.2 Å². The van der Waals surface area contributed by atoms with Crippen LogP contribution in [0.25, 0.3) is 22.2 Å². The number of ether oxygens (including phenoxy) is 1. The van der Waals surface area contributed by atoms with Crippen molar-refractivity contribution in [3.63, 3.8) is 0 Å². The Kier molecular flexibility index (Phi) is 4.38. The van der Waals surface area contributed by atoms with Gasteiger partial charge in [-0.1, -0.05) is 11.6 Å². The molecule has 0 N–H and O–H groups in total. The highest BCUT2D eigenvalue weighted by atomic mass is 35.5. The zero-order valence-electron chi connectivity index (χ0n) is 14.0. The maximum Gasteiger partial charge on any atom is 0.338 e. The van der Waals surface area contributed by atoms with E-state index in [1.54, 1.807) is 13.2 Å². The van der Waals surface area contributed by atoms with Gasteiger partial charge < -0.3 is 14.1 Å². The van der Waals surface area contributed by atoms with E-state index in [1.807, 2.05) is 12.1 Å². The van der Waals surface area contributed by atoms with E-state index in [0.29, 0.717) is 16.5 Å². The van der Waals surface area contributed by atoms with Crippen molar-refractivity contribution in [2.45, 2.75) is 12.5 Å². The molecule has 5 nitrogen and oxygen atoms in total. The average molecular weight is 375 g/mol. The smallest absolute Gasteiger partial charge is 0.338 e. The molecule has 0 spiro atoms. The predicted octanol–water partition coefficient (Wildman–Crippen LogP) is 3.87. The van der Waals surface area contributed by atoms with Crippen LogP contribution in [-0.4, -0.2) is 31.3 Å². The summed E-state index contributed by atoms with van der Waals surface area (Å²) in [5.74, 6) is 0.288. The number of hydrogen-bond acceptors (Lipinski definition) is 5. The first kappa shape index (κ1) is 17.0. The Labute approximate surface area is 154 Å². The minimum absolute atomic E-state index is 0.170. The lowest BCUT2D eigenvalue weighted by molar-refractivity contribution is 0.121. The van der Waals surface area contributed by atoms with Gasteiger partial charge in [-0.2, -0.15) is 4.98 Å². The first-order valence-electron chi connectivity index (χ1n) is 8.23. The van der Waals surface area contributed by atoms with E-state index in [2.05, 4.69) is 9.88 Å². The molecule has 0 amide bonds. The van der Waals surface area contributed by atoms with Gasteiger partial charge >= 0.3 is 5.63 Å². The molecule has 1 saturated heterocycles. The molecule has 4 rings (SSSR count). The standard InChI is InChI=1S/C19H16ClFN2O3/c1-25-12-6-7-23(10-12)17-5-4-14-15(9-18(24)26-19(14)22-17)13-3-2-11(21)8-16(13)20/h2-5,8-9,12H,6-7,10H2,1H3/t12-/m1/s1. The summed E-state index contributed by atoms with van der Waals surface area (Å²) in [6.45, 7) is 1.56. The van der Waals surface area contributed by atoms with Crippen molar-refractivity contribution in [1.29, 1.82) is 0 Å². The van der Waals surface area contributed by atoms with Crippen molar-refractivity contribution in [2.75, 3.05) is 25.1 Å². The monoisotopic (exact) mass is 374 g/mol. The molecule has 3 heterocycles. The molecular formula is C19H16ClFN2O3. The summed E-state index contributed by atoms with van der Waals surface area (Å²) in [6.07, 6.45) is 1.09. The predicted molar refractivity (Wildman–Crippen MR) is 98.3 cm³/mol. The van der Waals surface area contributed by atoms with Crippen LogP contribution in [0, 0.1) is 5.82 Å². The normalized spacial score (nSPS) is 17.2. The topological polar surface area (TPSA) is 55.6 Å². The minimum Gasteiger partial charge on any atom is -0.404 e. The average Bonchev–Trinajstić information content (AvgIpc) is 3.10. The molecule has 0 radical (unpaired) electrons. The quantitative estimate of drug-likeness (QED) is 0.696. The molecule has 1 aliphatic rings. The zero-order chi connectivity index (χ0) is 18.3. The van der Waals surface area contributed by atoms with E-state index in [0.717, 1.165) is 25.3 Å². The van der Waals surface area contributed by atoms with E-state index in [-0.39, 0.29) is 16.8 Å². The Morgan fingerprint density at radius 2 is 2.12 bits per heavy atom. The van der Waals surface area contributed by atoms with Gasteiger partial charge in [-0.3, -0.25) is 0 Å². The molecule has 26 heavy (non-hydrogen) atoms. The summed E-state index contributed by atoms with van der Waals surface area (Å²) in [4.78, 5) is 18.6. The van der Waals surface area contributed by atoms with Gasteiger partial charge in [-0.15, -0.1) is 0 Å². The number of anilines is 1. The number of aromatic nitrogens is 1. The molecule has 0 aliphatic carbocycles. The fraction of sp³-hybridized carbons (Fsp3) is 0.263. The Morgan fingerprint density at radius 1 is 1.27 bits per heavy atom. The van der Waals surface area contributed by atoms with Crippen molar-refractivity contribution in [2.24, 2.45) is 0 Å². The SMILES string of the molecule is CO[C@@H]1CCN(c2ccc3c(-c4ccc(F)cc4Cl)cc(=O)oc3n2)C1. The van der Waals surface area contributed by atoms with E-state index in [4.69, 9.17) is 20.8 Å². The maximum atomic E-state index is 13.4. The number of halogens is 2. The largest absolute Gasteiger partial charge is 0.404 e. The Bertz CT molecular complexity index is 1040. The van der Waals surface area contributed by atoms with Crippen LogP contribution in [0.2, 0.25) is 5.02 Å². The second kappa shape index (κ2) is 6.70. The molecule has 0 saturated carbocycles. The summed E-state index contributed by atoms with van der Waals surface area (Å²) >= 11 is 6.17. The van der Waals surface area contributed by atoms with Crippen LogP contribution < -0.4 is 10.5 Å². The van der Waals surface area contributed by atoms with Gasteiger partial charge in [0, 0.05) is 42.8 Å². The molecular weight excluding hydrogens is 359 g/mol. The molecule has 2 aromatic heterocycles. The summed E-state index contributed by atoms with van der Waals surface area (Å²) < 4.78 is 24.0. The van der Waals surface area contributed by atoms with Gasteiger partial charge in [0.05, 0.1) is 11.1 Å². The van der Waals surface area contributed by atoms with Gasteiger partial charge in [0.1, 0.15) is 11.6 Å². The molecule has 1 fully saturated rings. The van der Waals surface area contributed by atoms with E-state index in [1.165, 1.54) is 18.2 Å². The highest BCUT2D eigenvalue weighted by Gasteiger charge is 2.24. The second-order valence-corrected chi connectivity index (χ2v) is 6.63. The van der Waals surface area contributed by atoms with Crippen molar-refractivity contribution >= 4 is 28.5 Å². The van der Waals surface area contributed by atoms with E-state index < -0.39 is 11.4 Å². The molecule has 3 aromatic rings. The van der Waals surface area contributed by atoms with Gasteiger partial charge in [0.2, 0.25) is 5.71 Å². The zero-order valence-corrected chi connectivity index (χ0v) is 14.8. The third-order valence-electron chi connectivity index (χ3n) is 4.62. The number of hydrogen-bond donors (Lipinski definition) is 0. The molecule has 1 atom stereocenters. The van der Waals surface area contributed by atoms with Gasteiger partial charge in [-0.05, 0) is 36.8 Å². The summed E-state index contributed by atoms with van der Waals surface area (Å²) in [5, 5.41) is 0.868. The Hall–Kier alpha value is -2.44. The first-order valence-corrected chi connectivity index (χ1v) is 8.61. The molecule has 0 unspecified atom stereocenters. The third-order valence-corrected chi connectivity index (χ3v) is 4.93. The van der Waals surface area contributed by atoms with Gasteiger partial charge in [0.15, 0.2) is 0 Å². The van der Waals surface area contributed by atoms with Crippen molar-refractivity contribution in [3.05, 3.63) is 57.7 Å². The maximum absolute atomic E-state index is 13.4. The second-order valence-electron chi connectivity index (χ2n) is 6.22. The number of nitrogens with zero attached hydrogens (tertiary/aromatic N) is 2. The number of methoxy groups -OCH3 is 1. The number of rotatable bonds is 3. The lowest BCUT2D eigenvalue weighted by Crippen LogP contribution is -2.23. The first-order chi connectivity index (χ1) is 12.5. The summed E-state index contributed by atoms with van der Waals surface area (Å²) in [6, 6.07) is 9.13.